The maximum Gasteiger partial charge on any atom is 0.255 e. The summed E-state index contributed by atoms with van der Waals surface area (Å²) in [6.07, 6.45) is 0.986. The van der Waals surface area contributed by atoms with E-state index < -0.39 is 45.4 Å². The summed E-state index contributed by atoms with van der Waals surface area (Å²) >= 11 is 0. The van der Waals surface area contributed by atoms with Crippen LogP contribution in [0.4, 0.5) is 14.5 Å². The van der Waals surface area contributed by atoms with Gasteiger partial charge in [0.2, 0.25) is 27.5 Å². The van der Waals surface area contributed by atoms with E-state index in [1.54, 1.807) is 6.07 Å². The first-order valence-corrected chi connectivity index (χ1v) is 13.2. The number of amides is 3. The lowest BCUT2D eigenvalue weighted by Crippen LogP contribution is -2.52. The zero-order valence-corrected chi connectivity index (χ0v) is 20.4. The lowest BCUT2D eigenvalue weighted by Gasteiger charge is -2.32. The van der Waals surface area contributed by atoms with Gasteiger partial charge >= 0.3 is 0 Å². The number of halogens is 2. The smallest absolute Gasteiger partial charge is 0.255 e. The van der Waals surface area contributed by atoms with Crippen molar-refractivity contribution in [3.8, 4) is 0 Å². The molecule has 0 bridgehead atoms. The molecule has 2 fully saturated rings. The number of hydrogen-bond acceptors (Lipinski definition) is 5. The van der Waals surface area contributed by atoms with E-state index in [0.29, 0.717) is 24.0 Å². The number of nitrogens with zero attached hydrogens (tertiary/aromatic N) is 3. The summed E-state index contributed by atoms with van der Waals surface area (Å²) < 4.78 is 56.1. The largest absolute Gasteiger partial charge is 0.322 e. The Bertz CT molecular complexity index is 1480. The van der Waals surface area contributed by atoms with Crippen molar-refractivity contribution in [2.45, 2.75) is 49.1 Å². The second-order valence-corrected chi connectivity index (χ2v) is 11.3. The molecule has 3 aliphatic heterocycles. The van der Waals surface area contributed by atoms with Gasteiger partial charge in [-0.15, -0.1) is 0 Å². The van der Waals surface area contributed by atoms with Gasteiger partial charge in [-0.2, -0.15) is 4.31 Å². The van der Waals surface area contributed by atoms with Crippen LogP contribution in [-0.2, 0) is 26.2 Å². The van der Waals surface area contributed by atoms with Crippen LogP contribution >= 0.6 is 0 Å². The summed E-state index contributed by atoms with van der Waals surface area (Å²) in [5.74, 6) is -3.06. The number of sulfonamides is 1. The van der Waals surface area contributed by atoms with Crippen LogP contribution in [0.5, 0.6) is 0 Å². The van der Waals surface area contributed by atoms with Crippen molar-refractivity contribution in [1.82, 2.24) is 14.5 Å². The molecule has 0 saturated carbocycles. The number of imide groups is 1. The number of nitrogens with one attached hydrogen (secondary N) is 1. The highest BCUT2D eigenvalue weighted by Gasteiger charge is 2.40. The Kier molecular flexibility index (Phi) is 6.29. The average Bonchev–Trinajstić information content (AvgIpc) is 3.18. The quantitative estimate of drug-likeness (QED) is 0.485. The Morgan fingerprint density at radius 1 is 1.00 bits per heavy atom. The minimum absolute atomic E-state index is 0.107. The highest BCUT2D eigenvalue weighted by molar-refractivity contribution is 7.89. The maximum atomic E-state index is 15.1. The van der Waals surface area contributed by atoms with Gasteiger partial charge in [-0.1, -0.05) is 6.07 Å². The molecule has 5 rings (SSSR count). The van der Waals surface area contributed by atoms with Crippen LogP contribution in [0, 0.1) is 18.2 Å². The number of carbonyl (C=O) groups is 3. The van der Waals surface area contributed by atoms with E-state index in [0.717, 1.165) is 18.2 Å². The lowest BCUT2D eigenvalue weighted by atomic mass is 9.88. The van der Waals surface area contributed by atoms with E-state index in [2.05, 4.69) is 10.2 Å². The maximum absolute atomic E-state index is 15.1. The molecule has 1 N–H and O–H groups in total. The van der Waals surface area contributed by atoms with Gasteiger partial charge in [0.1, 0.15) is 17.7 Å². The summed E-state index contributed by atoms with van der Waals surface area (Å²) in [4.78, 5) is 40.8. The van der Waals surface area contributed by atoms with E-state index in [9.17, 15) is 27.2 Å². The van der Waals surface area contributed by atoms with Gasteiger partial charge in [0.05, 0.1) is 11.5 Å². The van der Waals surface area contributed by atoms with Crippen molar-refractivity contribution in [3.63, 3.8) is 0 Å². The lowest BCUT2D eigenvalue weighted by molar-refractivity contribution is -0.136. The molecule has 2 aromatic rings. The Balaban J connectivity index is 1.31. The van der Waals surface area contributed by atoms with Crippen molar-refractivity contribution >= 4 is 33.4 Å². The standard InChI is InChI=1S/C25H22F2N4O5S/c1-28-21-11-16(2-3-19(21)26)37(35,36)30-8-6-14(7-9-30)17-10-15-13-31(25(34)18(15)12-20(17)27)22-4-5-23(32)29-24(22)33/h2-3,10-12,14,22H,4-9,13H2,(H,29,32,33). The van der Waals surface area contributed by atoms with Crippen molar-refractivity contribution < 1.29 is 31.6 Å². The first-order valence-electron chi connectivity index (χ1n) is 11.7. The molecule has 2 saturated heterocycles. The van der Waals surface area contributed by atoms with Gasteiger partial charge in [0.25, 0.3) is 5.91 Å². The Hall–Kier alpha value is -3.69. The van der Waals surface area contributed by atoms with E-state index in [1.807, 2.05) is 0 Å². The van der Waals surface area contributed by atoms with Crippen LogP contribution in [0.2, 0.25) is 0 Å². The van der Waals surface area contributed by atoms with E-state index in [4.69, 9.17) is 6.57 Å². The first-order chi connectivity index (χ1) is 17.6. The molecule has 3 amide bonds. The predicted molar refractivity (Wildman–Crippen MR) is 126 cm³/mol. The highest BCUT2D eigenvalue weighted by Crippen LogP contribution is 2.37. The molecule has 37 heavy (non-hydrogen) atoms. The SMILES string of the molecule is [C-]#[N+]c1cc(S(=O)(=O)N2CCC(c3cc4c(cc3F)C(=O)N(C3CCC(=O)NC3=O)C4)CC2)ccc1F. The fourth-order valence-corrected chi connectivity index (χ4v) is 6.71. The van der Waals surface area contributed by atoms with Crippen LogP contribution in [0.15, 0.2) is 35.2 Å². The average molecular weight is 529 g/mol. The van der Waals surface area contributed by atoms with Crippen molar-refractivity contribution in [2.24, 2.45) is 0 Å². The molecule has 9 nitrogen and oxygen atoms in total. The molecule has 12 heteroatoms. The van der Waals surface area contributed by atoms with Gasteiger partial charge in [-0.25, -0.2) is 22.0 Å². The monoisotopic (exact) mass is 528 g/mol. The molecule has 0 radical (unpaired) electrons. The summed E-state index contributed by atoms with van der Waals surface area (Å²) in [5, 5.41) is 2.23. The molecule has 1 atom stereocenters. The number of hydrogen-bond donors (Lipinski definition) is 1. The number of carbonyl (C=O) groups excluding carboxylic acids is 3. The molecular formula is C25H22F2N4O5S. The second-order valence-electron chi connectivity index (χ2n) is 9.33. The Morgan fingerprint density at radius 3 is 2.41 bits per heavy atom. The van der Waals surface area contributed by atoms with Crippen LogP contribution in [-0.4, -0.2) is 54.5 Å². The van der Waals surface area contributed by atoms with E-state index >= 15 is 4.39 Å². The normalized spacial score (nSPS) is 21.1. The molecular weight excluding hydrogens is 506 g/mol. The highest BCUT2D eigenvalue weighted by atomic mass is 32.2. The second kappa shape index (κ2) is 9.32. The Morgan fingerprint density at radius 2 is 1.73 bits per heavy atom. The van der Waals surface area contributed by atoms with Crippen molar-refractivity contribution in [2.75, 3.05) is 13.1 Å². The third-order valence-corrected chi connectivity index (χ3v) is 9.11. The van der Waals surface area contributed by atoms with E-state index in [-0.39, 0.29) is 54.5 Å². The number of benzene rings is 2. The molecule has 1 unspecified atom stereocenters. The zero-order valence-electron chi connectivity index (χ0n) is 19.5. The molecule has 0 aromatic heterocycles. The minimum atomic E-state index is -3.96. The summed E-state index contributed by atoms with van der Waals surface area (Å²) in [5.41, 5.74) is 0.764. The fourth-order valence-electron chi connectivity index (χ4n) is 5.22. The number of fused-ring (bicyclic) bond motifs is 1. The Labute approximate surface area is 211 Å². The van der Waals surface area contributed by atoms with Gasteiger partial charge in [0.15, 0.2) is 0 Å². The summed E-state index contributed by atoms with van der Waals surface area (Å²) in [6, 6.07) is 5.07. The third kappa shape index (κ3) is 4.38. The molecule has 2 aromatic carbocycles. The molecule has 3 heterocycles. The van der Waals surface area contributed by atoms with Crippen LogP contribution < -0.4 is 5.32 Å². The van der Waals surface area contributed by atoms with Crippen LogP contribution in [0.1, 0.15) is 53.1 Å². The topological polar surface area (TPSA) is 108 Å². The summed E-state index contributed by atoms with van der Waals surface area (Å²) in [7, 11) is -3.96. The molecule has 0 spiro atoms. The first kappa shape index (κ1) is 25.0. The van der Waals surface area contributed by atoms with E-state index in [1.165, 1.54) is 15.3 Å². The van der Waals surface area contributed by atoms with Crippen LogP contribution in [0.3, 0.4) is 0 Å². The number of piperidine rings is 2. The molecule has 0 aliphatic carbocycles. The summed E-state index contributed by atoms with van der Waals surface area (Å²) in [6.45, 7) is 7.34. The van der Waals surface area contributed by atoms with Gasteiger partial charge in [0, 0.05) is 31.6 Å². The fraction of sp³-hybridized carbons (Fsp3) is 0.360. The van der Waals surface area contributed by atoms with Gasteiger partial charge in [-0.05, 0) is 60.6 Å². The van der Waals surface area contributed by atoms with Gasteiger partial charge in [-0.3, -0.25) is 19.7 Å². The number of rotatable bonds is 4. The predicted octanol–water partition coefficient (Wildman–Crippen LogP) is 2.84. The zero-order chi connectivity index (χ0) is 26.5. The van der Waals surface area contributed by atoms with Crippen molar-refractivity contribution in [1.29, 1.82) is 0 Å². The van der Waals surface area contributed by atoms with Gasteiger partial charge < -0.3 is 4.90 Å². The van der Waals surface area contributed by atoms with Crippen LogP contribution in [0.25, 0.3) is 4.85 Å². The van der Waals surface area contributed by atoms with Crippen molar-refractivity contribution in [3.05, 3.63) is 70.1 Å². The minimum Gasteiger partial charge on any atom is -0.322 e. The molecule has 192 valence electrons. The third-order valence-electron chi connectivity index (χ3n) is 7.21. The molecule has 3 aliphatic rings.